The molecule has 0 atom stereocenters. The van der Waals surface area contributed by atoms with Gasteiger partial charge >= 0.3 is 11.8 Å². The second-order valence-corrected chi connectivity index (χ2v) is 7.57. The molecule has 1 fully saturated rings. The Morgan fingerprint density at radius 3 is 2.40 bits per heavy atom. The van der Waals surface area contributed by atoms with Crippen LogP contribution in [0, 0.1) is 6.92 Å². The number of hydrogen-bond donors (Lipinski definition) is 1. The Morgan fingerprint density at radius 1 is 1.16 bits per heavy atom. The Hall–Kier alpha value is -2.44. The molecule has 1 N–H and O–H groups in total. The number of aromatic nitrogens is 2. The summed E-state index contributed by atoms with van der Waals surface area (Å²) < 4.78 is 7.10. The Balaban J connectivity index is 1.82. The number of piperazine rings is 1. The van der Waals surface area contributed by atoms with Gasteiger partial charge in [0.1, 0.15) is 5.60 Å². The maximum atomic E-state index is 12.2. The zero-order valence-corrected chi connectivity index (χ0v) is 15.5. The summed E-state index contributed by atoms with van der Waals surface area (Å²) in [6.07, 6.45) is -0.267. The summed E-state index contributed by atoms with van der Waals surface area (Å²) in [5.74, 6) is 0. The van der Waals surface area contributed by atoms with E-state index in [0.29, 0.717) is 26.2 Å². The van der Waals surface area contributed by atoms with E-state index in [1.807, 2.05) is 39.8 Å². The second-order valence-electron chi connectivity index (χ2n) is 7.57. The summed E-state index contributed by atoms with van der Waals surface area (Å²) in [6, 6.07) is 3.96. The molecule has 25 heavy (non-hydrogen) atoms. The highest BCUT2D eigenvalue weighted by molar-refractivity contribution is 5.91. The highest BCUT2D eigenvalue weighted by atomic mass is 16.6. The first kappa shape index (κ1) is 17.4. The number of anilines is 1. The number of rotatable bonds is 1. The molecule has 136 valence electrons. The Bertz CT molecular complexity index is 852. The molecule has 2 aromatic rings. The first-order chi connectivity index (χ1) is 11.7. The average Bonchev–Trinajstić information content (AvgIpc) is 2.81. The minimum Gasteiger partial charge on any atom is -0.444 e. The maximum absolute atomic E-state index is 12.2. The van der Waals surface area contributed by atoms with E-state index in [1.54, 1.807) is 16.5 Å². The van der Waals surface area contributed by atoms with Crippen LogP contribution in [0.25, 0.3) is 11.0 Å². The molecule has 2 heterocycles. The van der Waals surface area contributed by atoms with Crippen molar-refractivity contribution in [2.75, 3.05) is 31.1 Å². The van der Waals surface area contributed by atoms with E-state index in [4.69, 9.17) is 4.74 Å². The number of benzene rings is 1. The van der Waals surface area contributed by atoms with Crippen LogP contribution in [-0.2, 0) is 11.8 Å². The molecule has 1 aromatic carbocycles. The molecule has 7 nitrogen and oxygen atoms in total. The van der Waals surface area contributed by atoms with Crippen LogP contribution in [0.5, 0.6) is 0 Å². The molecule has 0 bridgehead atoms. The van der Waals surface area contributed by atoms with E-state index in [2.05, 4.69) is 9.88 Å². The molecule has 1 amide bonds. The predicted octanol–water partition coefficient (Wildman–Crippen LogP) is 2.23. The van der Waals surface area contributed by atoms with Gasteiger partial charge in [0.2, 0.25) is 0 Å². The SMILES string of the molecule is Cc1ccc2[nH]c(=O)n(C)c2c1N1CCN(C(=O)OC(C)(C)C)CC1. The lowest BCUT2D eigenvalue weighted by Crippen LogP contribution is -2.50. The van der Waals surface area contributed by atoms with E-state index < -0.39 is 5.60 Å². The normalized spacial score (nSPS) is 15.7. The van der Waals surface area contributed by atoms with Gasteiger partial charge < -0.3 is 19.5 Å². The van der Waals surface area contributed by atoms with Crippen LogP contribution in [-0.4, -0.2) is 52.3 Å². The van der Waals surface area contributed by atoms with Crippen LogP contribution in [0.1, 0.15) is 26.3 Å². The summed E-state index contributed by atoms with van der Waals surface area (Å²) in [5.41, 5.74) is 3.32. The first-order valence-electron chi connectivity index (χ1n) is 8.58. The number of aryl methyl sites for hydroxylation is 2. The smallest absolute Gasteiger partial charge is 0.410 e. The van der Waals surface area contributed by atoms with Gasteiger partial charge in [-0.15, -0.1) is 0 Å². The molecule has 0 saturated carbocycles. The quantitative estimate of drug-likeness (QED) is 0.860. The standard InChI is InChI=1S/C18H26N4O3/c1-12-6-7-13-15(20(5)16(23)19-13)14(12)21-8-10-22(11-9-21)17(24)25-18(2,3)4/h6-7H,8-11H2,1-5H3,(H,19,23). The fraction of sp³-hybridized carbons (Fsp3) is 0.556. The highest BCUT2D eigenvalue weighted by Gasteiger charge is 2.27. The first-order valence-corrected chi connectivity index (χ1v) is 8.58. The van der Waals surface area contributed by atoms with E-state index in [1.165, 1.54) is 0 Å². The number of nitrogens with zero attached hydrogens (tertiary/aromatic N) is 3. The van der Waals surface area contributed by atoms with Gasteiger partial charge in [-0.05, 0) is 39.3 Å². The van der Waals surface area contributed by atoms with Gasteiger partial charge in [-0.25, -0.2) is 9.59 Å². The Labute approximate surface area is 147 Å². The minimum absolute atomic E-state index is 0.116. The number of nitrogens with one attached hydrogen (secondary N) is 1. The van der Waals surface area contributed by atoms with Gasteiger partial charge in [-0.1, -0.05) is 6.07 Å². The lowest BCUT2D eigenvalue weighted by atomic mass is 10.1. The number of carbonyl (C=O) groups excluding carboxylic acids is 1. The number of ether oxygens (including phenoxy) is 1. The summed E-state index contributed by atoms with van der Waals surface area (Å²) >= 11 is 0. The number of imidazole rings is 1. The number of fused-ring (bicyclic) bond motifs is 1. The summed E-state index contributed by atoms with van der Waals surface area (Å²) in [7, 11) is 1.78. The van der Waals surface area contributed by atoms with Gasteiger partial charge in [0.25, 0.3) is 0 Å². The summed E-state index contributed by atoms with van der Waals surface area (Å²) in [4.78, 5) is 31.1. The van der Waals surface area contributed by atoms with Crippen molar-refractivity contribution in [2.24, 2.45) is 7.05 Å². The van der Waals surface area contributed by atoms with Crippen LogP contribution in [0.4, 0.5) is 10.5 Å². The molecule has 3 rings (SSSR count). The maximum Gasteiger partial charge on any atom is 0.410 e. The molecule has 0 spiro atoms. The van der Waals surface area contributed by atoms with Gasteiger partial charge in [0, 0.05) is 33.2 Å². The zero-order valence-electron chi connectivity index (χ0n) is 15.5. The van der Waals surface area contributed by atoms with E-state index in [9.17, 15) is 9.59 Å². The van der Waals surface area contributed by atoms with E-state index >= 15 is 0 Å². The van der Waals surface area contributed by atoms with Gasteiger partial charge in [-0.3, -0.25) is 4.57 Å². The highest BCUT2D eigenvalue weighted by Crippen LogP contribution is 2.29. The Morgan fingerprint density at radius 2 is 1.80 bits per heavy atom. The van der Waals surface area contributed by atoms with E-state index in [0.717, 1.165) is 22.3 Å². The lowest BCUT2D eigenvalue weighted by Gasteiger charge is -2.37. The molecule has 0 aliphatic carbocycles. The molecule has 0 unspecified atom stereocenters. The second kappa shape index (κ2) is 6.13. The third-order valence-corrected chi connectivity index (χ3v) is 4.48. The van der Waals surface area contributed by atoms with Crippen molar-refractivity contribution in [3.8, 4) is 0 Å². The summed E-state index contributed by atoms with van der Waals surface area (Å²) in [5, 5.41) is 0. The van der Waals surface area contributed by atoms with Crippen molar-refractivity contribution in [1.29, 1.82) is 0 Å². The number of hydrogen-bond acceptors (Lipinski definition) is 4. The fourth-order valence-electron chi connectivity index (χ4n) is 3.26. The van der Waals surface area contributed by atoms with Crippen molar-refractivity contribution >= 4 is 22.8 Å². The van der Waals surface area contributed by atoms with Crippen LogP contribution in [0.15, 0.2) is 16.9 Å². The molecular formula is C18H26N4O3. The monoisotopic (exact) mass is 346 g/mol. The molecular weight excluding hydrogens is 320 g/mol. The van der Waals surface area contributed by atoms with Crippen molar-refractivity contribution in [2.45, 2.75) is 33.3 Å². The van der Waals surface area contributed by atoms with Crippen LogP contribution >= 0.6 is 0 Å². The Kier molecular flexibility index (Phi) is 4.26. The largest absolute Gasteiger partial charge is 0.444 e. The number of aromatic amines is 1. The third kappa shape index (κ3) is 3.36. The lowest BCUT2D eigenvalue weighted by molar-refractivity contribution is 0.0240. The molecule has 1 aromatic heterocycles. The average molecular weight is 346 g/mol. The van der Waals surface area contributed by atoms with Crippen molar-refractivity contribution in [3.05, 3.63) is 28.2 Å². The van der Waals surface area contributed by atoms with Crippen molar-refractivity contribution in [1.82, 2.24) is 14.5 Å². The minimum atomic E-state index is -0.486. The predicted molar refractivity (Wildman–Crippen MR) is 98.3 cm³/mol. The molecule has 1 saturated heterocycles. The number of H-pyrrole nitrogens is 1. The van der Waals surface area contributed by atoms with E-state index in [-0.39, 0.29) is 11.8 Å². The van der Waals surface area contributed by atoms with Gasteiger partial charge in [-0.2, -0.15) is 0 Å². The molecule has 7 heteroatoms. The molecule has 1 aliphatic rings. The number of carbonyl (C=O) groups is 1. The van der Waals surface area contributed by atoms with Crippen LogP contribution in [0.3, 0.4) is 0 Å². The van der Waals surface area contributed by atoms with Crippen LogP contribution < -0.4 is 10.6 Å². The molecule has 1 aliphatic heterocycles. The topological polar surface area (TPSA) is 70.6 Å². The molecule has 0 radical (unpaired) electrons. The third-order valence-electron chi connectivity index (χ3n) is 4.48. The number of amides is 1. The van der Waals surface area contributed by atoms with Crippen molar-refractivity contribution in [3.63, 3.8) is 0 Å². The fourth-order valence-corrected chi connectivity index (χ4v) is 3.26. The van der Waals surface area contributed by atoms with Crippen molar-refractivity contribution < 1.29 is 9.53 Å². The van der Waals surface area contributed by atoms with Crippen LogP contribution in [0.2, 0.25) is 0 Å². The zero-order chi connectivity index (χ0) is 18.4. The summed E-state index contributed by atoms with van der Waals surface area (Å²) in [6.45, 7) is 10.3. The van der Waals surface area contributed by atoms with Gasteiger partial charge in [0.05, 0.1) is 16.7 Å². The van der Waals surface area contributed by atoms with Gasteiger partial charge in [0.15, 0.2) is 0 Å².